The first-order valence-corrected chi connectivity index (χ1v) is 9.79. The predicted molar refractivity (Wildman–Crippen MR) is 116 cm³/mol. The van der Waals surface area contributed by atoms with Crippen LogP contribution in [-0.2, 0) is 6.61 Å². The van der Waals surface area contributed by atoms with E-state index >= 15 is 0 Å². The molecule has 0 spiro atoms. The van der Waals surface area contributed by atoms with Crippen molar-refractivity contribution in [1.82, 2.24) is 5.43 Å². The second-order valence-corrected chi connectivity index (χ2v) is 6.96. The van der Waals surface area contributed by atoms with Crippen molar-refractivity contribution in [3.05, 3.63) is 82.4 Å². The molecule has 0 radical (unpaired) electrons. The van der Waals surface area contributed by atoms with E-state index in [9.17, 15) is 4.79 Å². The summed E-state index contributed by atoms with van der Waals surface area (Å²) in [6, 6.07) is 17.8. The molecular formula is C23H19ClN2O5. The fraction of sp³-hybridized carbons (Fsp3) is 0.130. The van der Waals surface area contributed by atoms with E-state index in [0.29, 0.717) is 40.2 Å². The topological polar surface area (TPSA) is 78.4 Å². The Morgan fingerprint density at radius 1 is 1.10 bits per heavy atom. The monoisotopic (exact) mass is 438 g/mol. The van der Waals surface area contributed by atoms with Crippen LogP contribution in [0, 0.1) is 0 Å². The Labute approximate surface area is 184 Å². The van der Waals surface area contributed by atoms with Crippen molar-refractivity contribution in [2.24, 2.45) is 5.10 Å². The van der Waals surface area contributed by atoms with E-state index in [1.54, 1.807) is 43.5 Å². The Hall–Kier alpha value is -3.71. The summed E-state index contributed by atoms with van der Waals surface area (Å²) < 4.78 is 21.8. The summed E-state index contributed by atoms with van der Waals surface area (Å²) >= 11 is 6.17. The molecule has 158 valence electrons. The van der Waals surface area contributed by atoms with Gasteiger partial charge < -0.3 is 18.9 Å². The van der Waals surface area contributed by atoms with E-state index in [1.165, 1.54) is 6.21 Å². The Morgan fingerprint density at radius 3 is 2.77 bits per heavy atom. The van der Waals surface area contributed by atoms with E-state index in [0.717, 1.165) is 11.1 Å². The lowest BCUT2D eigenvalue weighted by Gasteiger charge is -2.12. The van der Waals surface area contributed by atoms with E-state index < -0.39 is 0 Å². The van der Waals surface area contributed by atoms with Crippen LogP contribution >= 0.6 is 11.6 Å². The third kappa shape index (κ3) is 4.90. The summed E-state index contributed by atoms with van der Waals surface area (Å²) in [5, 5.41) is 4.65. The molecule has 1 heterocycles. The number of hydrogen-bond donors (Lipinski definition) is 1. The highest BCUT2D eigenvalue weighted by molar-refractivity contribution is 6.31. The molecule has 0 aromatic heterocycles. The summed E-state index contributed by atoms with van der Waals surface area (Å²) in [5.41, 5.74) is 4.52. The van der Waals surface area contributed by atoms with Crippen LogP contribution in [0.3, 0.4) is 0 Å². The van der Waals surface area contributed by atoms with Gasteiger partial charge in [0.15, 0.2) is 23.0 Å². The maximum absolute atomic E-state index is 12.3. The van der Waals surface area contributed by atoms with Gasteiger partial charge in [-0.05, 0) is 48.0 Å². The molecule has 0 saturated heterocycles. The van der Waals surface area contributed by atoms with Gasteiger partial charge in [-0.1, -0.05) is 29.8 Å². The fourth-order valence-corrected chi connectivity index (χ4v) is 3.11. The van der Waals surface area contributed by atoms with Crippen molar-refractivity contribution in [3.63, 3.8) is 0 Å². The number of rotatable bonds is 7. The second kappa shape index (κ2) is 9.40. The molecule has 0 atom stereocenters. The molecule has 0 fully saturated rings. The van der Waals surface area contributed by atoms with E-state index in [4.69, 9.17) is 30.5 Å². The molecule has 8 heteroatoms. The third-order valence-corrected chi connectivity index (χ3v) is 4.91. The lowest BCUT2D eigenvalue weighted by Crippen LogP contribution is -2.17. The summed E-state index contributed by atoms with van der Waals surface area (Å²) in [7, 11) is 1.56. The predicted octanol–water partition coefficient (Wildman–Crippen LogP) is 4.42. The third-order valence-electron chi connectivity index (χ3n) is 4.54. The normalized spacial score (nSPS) is 12.1. The van der Waals surface area contributed by atoms with Crippen molar-refractivity contribution in [1.29, 1.82) is 0 Å². The molecule has 3 aromatic carbocycles. The first-order valence-electron chi connectivity index (χ1n) is 9.41. The SMILES string of the molecule is COc1cc(C=NNC(=O)c2ccc3c(c2)OCO3)ccc1OCc1ccccc1Cl. The molecule has 1 aliphatic heterocycles. The van der Waals surface area contributed by atoms with Gasteiger partial charge in [-0.15, -0.1) is 0 Å². The molecule has 3 aromatic rings. The van der Waals surface area contributed by atoms with Crippen LogP contribution in [0.1, 0.15) is 21.5 Å². The van der Waals surface area contributed by atoms with Crippen molar-refractivity contribution < 1.29 is 23.7 Å². The molecule has 31 heavy (non-hydrogen) atoms. The first-order chi connectivity index (χ1) is 15.1. The minimum Gasteiger partial charge on any atom is -0.493 e. The van der Waals surface area contributed by atoms with Gasteiger partial charge in [0.05, 0.1) is 13.3 Å². The van der Waals surface area contributed by atoms with Gasteiger partial charge in [0.2, 0.25) is 6.79 Å². The van der Waals surface area contributed by atoms with Crippen LogP contribution in [0.25, 0.3) is 0 Å². The summed E-state index contributed by atoms with van der Waals surface area (Å²) in [4.78, 5) is 12.3. The van der Waals surface area contributed by atoms with Gasteiger partial charge in [0.1, 0.15) is 6.61 Å². The number of fused-ring (bicyclic) bond motifs is 1. The maximum atomic E-state index is 12.3. The number of hydrogen-bond acceptors (Lipinski definition) is 6. The molecule has 0 unspecified atom stereocenters. The van der Waals surface area contributed by atoms with Gasteiger partial charge in [-0.3, -0.25) is 4.79 Å². The van der Waals surface area contributed by atoms with Gasteiger partial charge in [0, 0.05) is 16.1 Å². The van der Waals surface area contributed by atoms with Crippen molar-refractivity contribution >= 4 is 23.7 Å². The zero-order valence-electron chi connectivity index (χ0n) is 16.6. The lowest BCUT2D eigenvalue weighted by atomic mass is 10.2. The zero-order valence-corrected chi connectivity index (χ0v) is 17.4. The smallest absolute Gasteiger partial charge is 0.271 e. The number of hydrazone groups is 1. The van der Waals surface area contributed by atoms with Gasteiger partial charge >= 0.3 is 0 Å². The minimum absolute atomic E-state index is 0.151. The highest BCUT2D eigenvalue weighted by Crippen LogP contribution is 2.32. The van der Waals surface area contributed by atoms with Crippen molar-refractivity contribution in [2.45, 2.75) is 6.61 Å². The standard InChI is InChI=1S/C23H19ClN2O5/c1-28-21-10-15(6-8-19(21)29-13-17-4-2-3-5-18(17)24)12-25-26-23(27)16-7-9-20-22(11-16)31-14-30-20/h2-12H,13-14H2,1H3,(H,26,27). The summed E-state index contributed by atoms with van der Waals surface area (Å²) in [6.07, 6.45) is 1.52. The minimum atomic E-state index is -0.360. The number of carbonyl (C=O) groups excluding carboxylic acids is 1. The molecule has 0 bridgehead atoms. The Bertz CT molecular complexity index is 1130. The van der Waals surface area contributed by atoms with Crippen LogP contribution < -0.4 is 24.4 Å². The number of methoxy groups -OCH3 is 1. The highest BCUT2D eigenvalue weighted by Gasteiger charge is 2.16. The number of amides is 1. The van der Waals surface area contributed by atoms with Gasteiger partial charge in [0.25, 0.3) is 5.91 Å². The van der Waals surface area contributed by atoms with Crippen LogP contribution in [-0.4, -0.2) is 26.0 Å². The Kier molecular flexibility index (Phi) is 6.24. The van der Waals surface area contributed by atoms with Crippen LogP contribution in [0.5, 0.6) is 23.0 Å². The quantitative estimate of drug-likeness (QED) is 0.436. The summed E-state index contributed by atoms with van der Waals surface area (Å²) in [6.45, 7) is 0.466. The zero-order chi connectivity index (χ0) is 21.6. The molecule has 4 rings (SSSR count). The number of nitrogens with one attached hydrogen (secondary N) is 1. The van der Waals surface area contributed by atoms with E-state index in [2.05, 4.69) is 10.5 Å². The molecule has 0 aliphatic carbocycles. The number of benzene rings is 3. The number of nitrogens with zero attached hydrogens (tertiary/aromatic N) is 1. The average Bonchev–Trinajstić information content (AvgIpc) is 3.27. The fourth-order valence-electron chi connectivity index (χ4n) is 2.92. The molecular weight excluding hydrogens is 420 g/mol. The maximum Gasteiger partial charge on any atom is 0.271 e. The van der Waals surface area contributed by atoms with Gasteiger partial charge in [-0.2, -0.15) is 5.10 Å². The van der Waals surface area contributed by atoms with Crippen LogP contribution in [0.4, 0.5) is 0 Å². The first kappa shape index (κ1) is 20.6. The lowest BCUT2D eigenvalue weighted by molar-refractivity contribution is 0.0954. The van der Waals surface area contributed by atoms with Gasteiger partial charge in [-0.25, -0.2) is 5.43 Å². The summed E-state index contributed by atoms with van der Waals surface area (Å²) in [5.74, 6) is 1.90. The van der Waals surface area contributed by atoms with Crippen molar-refractivity contribution in [2.75, 3.05) is 13.9 Å². The molecule has 1 amide bonds. The average molecular weight is 439 g/mol. The number of carbonyl (C=O) groups is 1. The van der Waals surface area contributed by atoms with Crippen molar-refractivity contribution in [3.8, 4) is 23.0 Å². The van der Waals surface area contributed by atoms with E-state index in [-0.39, 0.29) is 12.7 Å². The Balaban J connectivity index is 1.38. The van der Waals surface area contributed by atoms with E-state index in [1.807, 2.05) is 24.3 Å². The molecule has 7 nitrogen and oxygen atoms in total. The van der Waals surface area contributed by atoms with Crippen LogP contribution in [0.2, 0.25) is 5.02 Å². The second-order valence-electron chi connectivity index (χ2n) is 6.56. The highest BCUT2D eigenvalue weighted by atomic mass is 35.5. The Morgan fingerprint density at radius 2 is 1.94 bits per heavy atom. The van der Waals surface area contributed by atoms with Crippen LogP contribution in [0.15, 0.2) is 65.8 Å². The largest absolute Gasteiger partial charge is 0.493 e. The number of ether oxygens (including phenoxy) is 4. The molecule has 0 saturated carbocycles. The molecule has 1 N–H and O–H groups in total. The molecule has 1 aliphatic rings. The number of halogens is 1.